The number of pyridine rings is 1. The summed E-state index contributed by atoms with van der Waals surface area (Å²) in [6, 6.07) is 4.00. The van der Waals surface area contributed by atoms with E-state index in [4.69, 9.17) is 0 Å². The summed E-state index contributed by atoms with van der Waals surface area (Å²) in [5.74, 6) is 0.314. The highest BCUT2D eigenvalue weighted by molar-refractivity contribution is 5.91. The first-order valence-electron chi connectivity index (χ1n) is 9.01. The summed E-state index contributed by atoms with van der Waals surface area (Å²) in [6.07, 6.45) is 7.96. The van der Waals surface area contributed by atoms with Crippen molar-refractivity contribution in [2.45, 2.75) is 32.9 Å². The molecule has 1 saturated heterocycles. The van der Waals surface area contributed by atoms with E-state index in [2.05, 4.69) is 25.9 Å². The van der Waals surface area contributed by atoms with Crippen molar-refractivity contribution in [1.29, 1.82) is 0 Å². The Morgan fingerprint density at radius 1 is 1.42 bits per heavy atom. The number of hydrogen-bond acceptors (Lipinski definition) is 5. The number of rotatable bonds is 5. The lowest BCUT2D eigenvalue weighted by molar-refractivity contribution is 0.0945. The molecule has 0 spiro atoms. The van der Waals surface area contributed by atoms with E-state index >= 15 is 0 Å². The monoisotopic (exact) mass is 353 g/mol. The summed E-state index contributed by atoms with van der Waals surface area (Å²) in [7, 11) is 0. The fraction of sp³-hybridized carbons (Fsp3) is 0.444. The molecule has 0 saturated carbocycles. The Hall–Kier alpha value is -2.74. The average molecular weight is 353 g/mol. The molecule has 136 valence electrons. The number of imidazole rings is 1. The van der Waals surface area contributed by atoms with E-state index in [0.717, 1.165) is 36.5 Å². The van der Waals surface area contributed by atoms with E-state index in [9.17, 15) is 4.79 Å². The third-order valence-electron chi connectivity index (χ3n) is 4.77. The molecule has 1 amide bonds. The third-order valence-corrected chi connectivity index (χ3v) is 4.77. The quantitative estimate of drug-likeness (QED) is 0.719. The molecule has 3 aromatic rings. The first-order valence-corrected chi connectivity index (χ1v) is 9.01. The van der Waals surface area contributed by atoms with Crippen LogP contribution in [0, 0.1) is 12.8 Å². The largest absolute Gasteiger partial charge is 0.345 e. The lowest BCUT2D eigenvalue weighted by atomic mass is 10.00. The number of amides is 1. The number of nitrogens with one attached hydrogen (secondary N) is 2. The zero-order chi connectivity index (χ0) is 17.9. The predicted molar refractivity (Wildman–Crippen MR) is 96.7 cm³/mol. The van der Waals surface area contributed by atoms with Crippen molar-refractivity contribution in [3.8, 4) is 0 Å². The van der Waals surface area contributed by atoms with Gasteiger partial charge in [-0.3, -0.25) is 9.48 Å². The number of nitrogens with zero attached hydrogens (tertiary/aromatic N) is 5. The fourth-order valence-corrected chi connectivity index (χ4v) is 3.39. The zero-order valence-electron chi connectivity index (χ0n) is 14.9. The van der Waals surface area contributed by atoms with Crippen LogP contribution in [0.25, 0.3) is 5.65 Å². The van der Waals surface area contributed by atoms with Crippen molar-refractivity contribution in [2.75, 3.05) is 13.1 Å². The summed E-state index contributed by atoms with van der Waals surface area (Å²) < 4.78 is 3.73. The van der Waals surface area contributed by atoms with Gasteiger partial charge in [0.05, 0.1) is 18.4 Å². The Morgan fingerprint density at radius 2 is 2.35 bits per heavy atom. The molecule has 0 aromatic carbocycles. The van der Waals surface area contributed by atoms with Gasteiger partial charge in [0.2, 0.25) is 0 Å². The summed E-state index contributed by atoms with van der Waals surface area (Å²) in [4.78, 5) is 16.9. The number of piperidine rings is 1. The van der Waals surface area contributed by atoms with Gasteiger partial charge in [0.1, 0.15) is 5.65 Å². The summed E-state index contributed by atoms with van der Waals surface area (Å²) in [5.41, 5.74) is 3.16. The maximum atomic E-state index is 12.3. The SMILES string of the molecule is Cc1cccn2cc(CNC(=O)c3cn(C[C@@H]4CCCNC4)nn3)nc12. The first-order chi connectivity index (χ1) is 12.7. The molecule has 3 aromatic heterocycles. The van der Waals surface area contributed by atoms with Gasteiger partial charge in [-0.05, 0) is 50.4 Å². The van der Waals surface area contributed by atoms with Crippen molar-refractivity contribution in [1.82, 2.24) is 35.0 Å². The molecular formula is C18H23N7O. The van der Waals surface area contributed by atoms with E-state index in [-0.39, 0.29) is 5.91 Å². The molecule has 1 atom stereocenters. The van der Waals surface area contributed by atoms with Crippen LogP contribution >= 0.6 is 0 Å². The maximum absolute atomic E-state index is 12.3. The lowest BCUT2D eigenvalue weighted by Gasteiger charge is -2.22. The highest BCUT2D eigenvalue weighted by Crippen LogP contribution is 2.12. The molecule has 2 N–H and O–H groups in total. The van der Waals surface area contributed by atoms with E-state index in [1.165, 1.54) is 12.8 Å². The van der Waals surface area contributed by atoms with Gasteiger partial charge in [-0.1, -0.05) is 11.3 Å². The van der Waals surface area contributed by atoms with Crippen LogP contribution in [-0.2, 0) is 13.1 Å². The van der Waals surface area contributed by atoms with Gasteiger partial charge in [-0.15, -0.1) is 5.10 Å². The molecule has 1 fully saturated rings. The van der Waals surface area contributed by atoms with Crippen molar-refractivity contribution in [3.63, 3.8) is 0 Å². The second-order valence-corrected chi connectivity index (χ2v) is 6.88. The number of fused-ring (bicyclic) bond motifs is 1. The highest BCUT2D eigenvalue weighted by atomic mass is 16.2. The van der Waals surface area contributed by atoms with E-state index in [1.54, 1.807) is 10.9 Å². The van der Waals surface area contributed by atoms with Gasteiger partial charge in [-0.25, -0.2) is 4.98 Å². The minimum atomic E-state index is -0.230. The van der Waals surface area contributed by atoms with Crippen molar-refractivity contribution in [3.05, 3.63) is 47.7 Å². The Bertz CT molecular complexity index is 907. The molecular weight excluding hydrogens is 330 g/mol. The molecule has 0 radical (unpaired) electrons. The normalized spacial score (nSPS) is 17.5. The molecule has 0 unspecified atom stereocenters. The zero-order valence-corrected chi connectivity index (χ0v) is 14.9. The molecule has 0 bridgehead atoms. The van der Waals surface area contributed by atoms with Crippen LogP contribution in [0.3, 0.4) is 0 Å². The molecule has 1 aliphatic heterocycles. The highest BCUT2D eigenvalue weighted by Gasteiger charge is 2.16. The minimum absolute atomic E-state index is 0.230. The van der Waals surface area contributed by atoms with Gasteiger partial charge in [-0.2, -0.15) is 0 Å². The third kappa shape index (κ3) is 3.60. The molecule has 0 aliphatic carbocycles. The molecule has 4 heterocycles. The topological polar surface area (TPSA) is 89.1 Å². The first kappa shape index (κ1) is 16.7. The van der Waals surface area contributed by atoms with Crippen LogP contribution in [0.1, 0.15) is 34.6 Å². The van der Waals surface area contributed by atoms with Crippen LogP contribution in [0.15, 0.2) is 30.7 Å². The van der Waals surface area contributed by atoms with Crippen LogP contribution < -0.4 is 10.6 Å². The van der Waals surface area contributed by atoms with Gasteiger partial charge in [0.25, 0.3) is 5.91 Å². The van der Waals surface area contributed by atoms with Crippen LogP contribution in [0.4, 0.5) is 0 Å². The van der Waals surface area contributed by atoms with Crippen molar-refractivity contribution in [2.24, 2.45) is 5.92 Å². The lowest BCUT2D eigenvalue weighted by Crippen LogP contribution is -2.32. The van der Waals surface area contributed by atoms with E-state index in [1.807, 2.05) is 35.9 Å². The molecule has 1 aliphatic rings. The van der Waals surface area contributed by atoms with Crippen molar-refractivity contribution < 1.29 is 4.79 Å². The Balaban J connectivity index is 1.36. The number of aromatic nitrogens is 5. The number of hydrogen-bond donors (Lipinski definition) is 2. The predicted octanol–water partition coefficient (Wildman–Crippen LogP) is 1.16. The van der Waals surface area contributed by atoms with E-state index in [0.29, 0.717) is 18.2 Å². The number of carbonyl (C=O) groups excluding carboxylic acids is 1. The Kier molecular flexibility index (Phi) is 4.66. The fourth-order valence-electron chi connectivity index (χ4n) is 3.39. The second kappa shape index (κ2) is 7.25. The average Bonchev–Trinajstić information content (AvgIpc) is 3.28. The van der Waals surface area contributed by atoms with Crippen LogP contribution in [-0.4, -0.2) is 43.4 Å². The maximum Gasteiger partial charge on any atom is 0.273 e. The van der Waals surface area contributed by atoms with E-state index < -0.39 is 0 Å². The molecule has 8 nitrogen and oxygen atoms in total. The van der Waals surface area contributed by atoms with Crippen LogP contribution in [0.5, 0.6) is 0 Å². The Morgan fingerprint density at radius 3 is 3.15 bits per heavy atom. The smallest absolute Gasteiger partial charge is 0.273 e. The Labute approximate surface area is 151 Å². The van der Waals surface area contributed by atoms with Gasteiger partial charge in [0, 0.05) is 18.9 Å². The standard InChI is InChI=1S/C18H23N7O/c1-13-4-3-7-24-11-15(21-17(13)24)9-20-18(26)16-12-25(23-22-16)10-14-5-2-6-19-8-14/h3-4,7,11-12,14,19H,2,5-6,8-10H2,1H3,(H,20,26)/t14-/m1/s1. The van der Waals surface area contributed by atoms with Gasteiger partial charge >= 0.3 is 0 Å². The molecule has 8 heteroatoms. The second-order valence-electron chi connectivity index (χ2n) is 6.88. The number of aryl methyl sites for hydroxylation is 1. The molecule has 4 rings (SSSR count). The van der Waals surface area contributed by atoms with Crippen LogP contribution in [0.2, 0.25) is 0 Å². The summed E-state index contributed by atoms with van der Waals surface area (Å²) >= 11 is 0. The van der Waals surface area contributed by atoms with Gasteiger partial charge < -0.3 is 15.0 Å². The van der Waals surface area contributed by atoms with Gasteiger partial charge in [0.15, 0.2) is 5.69 Å². The number of carbonyl (C=O) groups is 1. The summed E-state index contributed by atoms with van der Waals surface area (Å²) in [6.45, 7) is 5.25. The molecule has 26 heavy (non-hydrogen) atoms. The summed E-state index contributed by atoms with van der Waals surface area (Å²) in [5, 5.41) is 14.4. The van der Waals surface area contributed by atoms with Crippen molar-refractivity contribution >= 4 is 11.6 Å². The minimum Gasteiger partial charge on any atom is -0.345 e.